The third kappa shape index (κ3) is 6.50. The zero-order chi connectivity index (χ0) is 12.1. The molecule has 0 saturated carbocycles. The lowest BCUT2D eigenvalue weighted by Crippen LogP contribution is -2.30. The third-order valence-corrected chi connectivity index (χ3v) is 2.13. The number of carbonyl (C=O) groups is 1. The Morgan fingerprint density at radius 3 is 2.27 bits per heavy atom. The second kappa shape index (κ2) is 6.11. The van der Waals surface area contributed by atoms with Crippen molar-refractivity contribution in [3.8, 4) is 0 Å². The van der Waals surface area contributed by atoms with Gasteiger partial charge in [0.05, 0.1) is 18.6 Å². The predicted octanol–water partition coefficient (Wildman–Crippen LogP) is 2.37. The summed E-state index contributed by atoms with van der Waals surface area (Å²) >= 11 is 0. The molecule has 3 nitrogen and oxygen atoms in total. The average Bonchev–Trinajstić information content (AvgIpc) is 2.08. The number of hydrogen-bond donors (Lipinski definition) is 1. The van der Waals surface area contributed by atoms with E-state index in [1.165, 1.54) is 0 Å². The van der Waals surface area contributed by atoms with Gasteiger partial charge in [-0.2, -0.15) is 0 Å². The Kier molecular flexibility index (Phi) is 5.88. The van der Waals surface area contributed by atoms with E-state index in [4.69, 9.17) is 4.74 Å². The van der Waals surface area contributed by atoms with Crippen LogP contribution in [0.2, 0.25) is 0 Å². The van der Waals surface area contributed by atoms with E-state index >= 15 is 0 Å². The van der Waals surface area contributed by atoms with Crippen molar-refractivity contribution in [1.82, 2.24) is 0 Å². The molecule has 0 aliphatic carbocycles. The van der Waals surface area contributed by atoms with E-state index in [0.29, 0.717) is 13.0 Å². The zero-order valence-corrected chi connectivity index (χ0v) is 10.5. The standard InChI is InChI=1S/C12H24O3/c1-6-7-10(9(2)13)11(14)15-8-12(3,4)5/h9-10,13H,6-8H2,1-5H3/t9-,10+/m0/s1. The van der Waals surface area contributed by atoms with Crippen LogP contribution < -0.4 is 0 Å². The molecule has 0 saturated heterocycles. The number of esters is 1. The van der Waals surface area contributed by atoms with Crippen LogP contribution in [0.25, 0.3) is 0 Å². The van der Waals surface area contributed by atoms with Crippen LogP contribution in [0.15, 0.2) is 0 Å². The van der Waals surface area contributed by atoms with Crippen LogP contribution in [0.1, 0.15) is 47.5 Å². The van der Waals surface area contributed by atoms with E-state index in [1.54, 1.807) is 6.92 Å². The first kappa shape index (κ1) is 14.4. The maximum Gasteiger partial charge on any atom is 0.311 e. The lowest BCUT2D eigenvalue weighted by Gasteiger charge is -2.22. The molecule has 2 atom stereocenters. The Morgan fingerprint density at radius 2 is 1.93 bits per heavy atom. The molecule has 3 heteroatoms. The summed E-state index contributed by atoms with van der Waals surface area (Å²) in [6.45, 7) is 10.1. The molecule has 0 fully saturated rings. The number of rotatable bonds is 5. The van der Waals surface area contributed by atoms with Crippen molar-refractivity contribution < 1.29 is 14.6 Å². The quantitative estimate of drug-likeness (QED) is 0.718. The van der Waals surface area contributed by atoms with Crippen LogP contribution >= 0.6 is 0 Å². The molecule has 0 spiro atoms. The minimum absolute atomic E-state index is 0.0227. The van der Waals surface area contributed by atoms with Crippen molar-refractivity contribution in [2.45, 2.75) is 53.6 Å². The van der Waals surface area contributed by atoms with Gasteiger partial charge in [0.1, 0.15) is 0 Å². The molecular formula is C12H24O3. The number of aliphatic hydroxyl groups is 1. The van der Waals surface area contributed by atoms with Crippen molar-refractivity contribution in [2.75, 3.05) is 6.61 Å². The molecule has 0 rings (SSSR count). The SMILES string of the molecule is CCC[C@@H](C(=O)OCC(C)(C)C)[C@H](C)O. The van der Waals surface area contributed by atoms with Crippen molar-refractivity contribution in [3.63, 3.8) is 0 Å². The fourth-order valence-electron chi connectivity index (χ4n) is 1.26. The molecular weight excluding hydrogens is 192 g/mol. The summed E-state index contributed by atoms with van der Waals surface area (Å²) < 4.78 is 5.18. The Bertz CT molecular complexity index is 192. The monoisotopic (exact) mass is 216 g/mol. The second-order valence-electron chi connectivity index (χ2n) is 5.30. The first-order valence-corrected chi connectivity index (χ1v) is 5.62. The van der Waals surface area contributed by atoms with Gasteiger partial charge < -0.3 is 9.84 Å². The largest absolute Gasteiger partial charge is 0.465 e. The lowest BCUT2D eigenvalue weighted by molar-refractivity contribution is -0.155. The molecule has 0 heterocycles. The fraction of sp³-hybridized carbons (Fsp3) is 0.917. The van der Waals surface area contributed by atoms with E-state index in [0.717, 1.165) is 6.42 Å². The third-order valence-electron chi connectivity index (χ3n) is 2.13. The Morgan fingerprint density at radius 1 is 1.40 bits per heavy atom. The summed E-state index contributed by atoms with van der Waals surface area (Å²) in [5, 5.41) is 9.44. The van der Waals surface area contributed by atoms with E-state index in [-0.39, 0.29) is 17.3 Å². The van der Waals surface area contributed by atoms with Crippen molar-refractivity contribution in [1.29, 1.82) is 0 Å². The first-order valence-electron chi connectivity index (χ1n) is 5.62. The van der Waals surface area contributed by atoms with E-state index in [1.807, 2.05) is 27.7 Å². The molecule has 0 aromatic carbocycles. The number of carbonyl (C=O) groups excluding carboxylic acids is 1. The molecule has 0 unspecified atom stereocenters. The van der Waals surface area contributed by atoms with Gasteiger partial charge in [0, 0.05) is 0 Å². The van der Waals surface area contributed by atoms with Crippen LogP contribution in [-0.4, -0.2) is 23.8 Å². The summed E-state index contributed by atoms with van der Waals surface area (Å²) in [4.78, 5) is 11.6. The van der Waals surface area contributed by atoms with Gasteiger partial charge in [0.2, 0.25) is 0 Å². The normalized spacial score (nSPS) is 15.9. The number of hydrogen-bond acceptors (Lipinski definition) is 3. The van der Waals surface area contributed by atoms with Gasteiger partial charge in [-0.1, -0.05) is 34.1 Å². The molecule has 0 aromatic heterocycles. The Labute approximate surface area is 92.8 Å². The maximum absolute atomic E-state index is 11.6. The van der Waals surface area contributed by atoms with Crippen LogP contribution in [0.3, 0.4) is 0 Å². The summed E-state index contributed by atoms with van der Waals surface area (Å²) in [6.07, 6.45) is 0.929. The predicted molar refractivity (Wildman–Crippen MR) is 60.5 cm³/mol. The molecule has 0 aliphatic heterocycles. The van der Waals surface area contributed by atoms with Gasteiger partial charge in [-0.25, -0.2) is 0 Å². The molecule has 0 aliphatic rings. The number of ether oxygens (including phenoxy) is 1. The summed E-state index contributed by atoms with van der Waals surface area (Å²) in [5.74, 6) is -0.654. The zero-order valence-electron chi connectivity index (χ0n) is 10.5. The van der Waals surface area contributed by atoms with Crippen LogP contribution in [-0.2, 0) is 9.53 Å². The molecule has 0 amide bonds. The van der Waals surface area contributed by atoms with Crippen LogP contribution in [0, 0.1) is 11.3 Å². The molecule has 1 N–H and O–H groups in total. The Balaban J connectivity index is 4.15. The highest BCUT2D eigenvalue weighted by Gasteiger charge is 2.25. The number of aliphatic hydroxyl groups excluding tert-OH is 1. The van der Waals surface area contributed by atoms with Gasteiger partial charge in [-0.05, 0) is 18.8 Å². The highest BCUT2D eigenvalue weighted by atomic mass is 16.5. The minimum atomic E-state index is -0.627. The highest BCUT2D eigenvalue weighted by molar-refractivity contribution is 5.73. The second-order valence-corrected chi connectivity index (χ2v) is 5.30. The van der Waals surface area contributed by atoms with E-state index < -0.39 is 6.10 Å². The average molecular weight is 216 g/mol. The topological polar surface area (TPSA) is 46.5 Å². The van der Waals surface area contributed by atoms with Gasteiger partial charge in [-0.15, -0.1) is 0 Å². The minimum Gasteiger partial charge on any atom is -0.465 e. The van der Waals surface area contributed by atoms with Crippen LogP contribution in [0.5, 0.6) is 0 Å². The smallest absolute Gasteiger partial charge is 0.311 e. The molecule has 0 bridgehead atoms. The van der Waals surface area contributed by atoms with Gasteiger partial charge >= 0.3 is 5.97 Å². The van der Waals surface area contributed by atoms with Gasteiger partial charge in [0.25, 0.3) is 0 Å². The van der Waals surface area contributed by atoms with Gasteiger partial charge in [0.15, 0.2) is 0 Å². The highest BCUT2D eigenvalue weighted by Crippen LogP contribution is 2.17. The summed E-state index contributed by atoms with van der Waals surface area (Å²) in [6, 6.07) is 0. The molecule has 0 aromatic rings. The molecule has 0 radical (unpaired) electrons. The Hall–Kier alpha value is -0.570. The fourth-order valence-corrected chi connectivity index (χ4v) is 1.26. The lowest BCUT2D eigenvalue weighted by atomic mass is 9.97. The van der Waals surface area contributed by atoms with E-state index in [2.05, 4.69) is 0 Å². The molecule has 90 valence electrons. The van der Waals surface area contributed by atoms with E-state index in [9.17, 15) is 9.90 Å². The summed E-state index contributed by atoms with van der Waals surface area (Å²) in [7, 11) is 0. The first-order chi connectivity index (χ1) is 6.78. The van der Waals surface area contributed by atoms with Gasteiger partial charge in [-0.3, -0.25) is 4.79 Å². The van der Waals surface area contributed by atoms with Crippen molar-refractivity contribution in [3.05, 3.63) is 0 Å². The van der Waals surface area contributed by atoms with Crippen LogP contribution in [0.4, 0.5) is 0 Å². The van der Waals surface area contributed by atoms with Crippen molar-refractivity contribution >= 4 is 5.97 Å². The molecule has 15 heavy (non-hydrogen) atoms. The summed E-state index contributed by atoms with van der Waals surface area (Å²) in [5.41, 5.74) is -0.0227. The maximum atomic E-state index is 11.6. The van der Waals surface area contributed by atoms with Crippen molar-refractivity contribution in [2.24, 2.45) is 11.3 Å².